The van der Waals surface area contributed by atoms with Crippen LogP contribution in [0.4, 0.5) is 16.9 Å². The second-order valence-corrected chi connectivity index (χ2v) is 9.50. The van der Waals surface area contributed by atoms with Crippen LogP contribution >= 0.6 is 11.3 Å². The van der Waals surface area contributed by atoms with Gasteiger partial charge in [-0.2, -0.15) is 4.98 Å². The largest absolute Gasteiger partial charge is 0.469 e. The highest BCUT2D eigenvalue weighted by Crippen LogP contribution is 2.38. The van der Waals surface area contributed by atoms with E-state index in [2.05, 4.69) is 15.2 Å². The Bertz CT molecular complexity index is 838. The second kappa shape index (κ2) is 9.73. The molecule has 0 amide bonds. The van der Waals surface area contributed by atoms with Gasteiger partial charge in [0.05, 0.1) is 13.5 Å². The fraction of sp³-hybridized carbons (Fsp3) is 0.636. The van der Waals surface area contributed by atoms with Crippen molar-refractivity contribution in [2.45, 2.75) is 51.9 Å². The van der Waals surface area contributed by atoms with E-state index in [0.29, 0.717) is 12.3 Å². The van der Waals surface area contributed by atoms with Gasteiger partial charge in [0.25, 0.3) is 0 Å². The summed E-state index contributed by atoms with van der Waals surface area (Å²) in [6.07, 6.45) is 9.93. The van der Waals surface area contributed by atoms with Gasteiger partial charge in [-0.15, -0.1) is 11.3 Å². The summed E-state index contributed by atoms with van der Waals surface area (Å²) in [4.78, 5) is 28.1. The molecule has 8 heteroatoms. The van der Waals surface area contributed by atoms with Crippen LogP contribution in [0.1, 0.15) is 50.6 Å². The quantitative estimate of drug-likeness (QED) is 0.674. The van der Waals surface area contributed by atoms with Gasteiger partial charge in [-0.1, -0.05) is 32.1 Å². The van der Waals surface area contributed by atoms with Crippen LogP contribution in [-0.2, 0) is 9.53 Å². The summed E-state index contributed by atoms with van der Waals surface area (Å²) in [6, 6.07) is 1.94. The molecule has 162 valence electrons. The predicted octanol–water partition coefficient (Wildman–Crippen LogP) is 4.57. The van der Waals surface area contributed by atoms with Crippen molar-refractivity contribution >= 4 is 34.2 Å². The number of aromatic nitrogens is 3. The van der Waals surface area contributed by atoms with Gasteiger partial charge in [0, 0.05) is 36.4 Å². The smallest absolute Gasteiger partial charge is 0.305 e. The Morgan fingerprint density at radius 1 is 1.23 bits per heavy atom. The van der Waals surface area contributed by atoms with Gasteiger partial charge in [0.1, 0.15) is 5.82 Å². The zero-order valence-electron chi connectivity index (χ0n) is 17.8. The minimum atomic E-state index is -0.125. The Balaban J connectivity index is 1.55. The minimum absolute atomic E-state index is 0.125. The van der Waals surface area contributed by atoms with Gasteiger partial charge in [-0.3, -0.25) is 4.79 Å². The molecule has 1 saturated carbocycles. The molecule has 7 nitrogen and oxygen atoms in total. The molecule has 0 spiro atoms. The van der Waals surface area contributed by atoms with E-state index in [1.54, 1.807) is 17.5 Å². The number of rotatable bonds is 6. The monoisotopic (exact) mass is 429 g/mol. The molecule has 1 saturated heterocycles. The van der Waals surface area contributed by atoms with E-state index in [0.717, 1.165) is 48.0 Å². The minimum Gasteiger partial charge on any atom is -0.469 e. The molecular weight excluding hydrogens is 398 g/mol. The first-order valence-corrected chi connectivity index (χ1v) is 11.8. The summed E-state index contributed by atoms with van der Waals surface area (Å²) in [5.41, 5.74) is 0.920. The third-order valence-corrected chi connectivity index (χ3v) is 7.05. The maximum Gasteiger partial charge on any atom is 0.305 e. The van der Waals surface area contributed by atoms with E-state index in [1.165, 1.54) is 39.2 Å². The fourth-order valence-electron chi connectivity index (χ4n) is 4.98. The lowest BCUT2D eigenvalue weighted by Gasteiger charge is -2.42. The summed E-state index contributed by atoms with van der Waals surface area (Å²) in [7, 11) is 1.47. The lowest BCUT2D eigenvalue weighted by molar-refractivity contribution is -0.141. The molecule has 1 aliphatic heterocycles. The topological polar surface area (TPSA) is 80.2 Å². The van der Waals surface area contributed by atoms with Gasteiger partial charge in [-0.05, 0) is 31.1 Å². The third-order valence-electron chi connectivity index (χ3n) is 6.36. The van der Waals surface area contributed by atoms with E-state index in [-0.39, 0.29) is 11.9 Å². The Labute approximate surface area is 182 Å². The standard InChI is InChI=1S/C22H31N5O2S/c1-15-10-19(26-22-23-8-9-30-22)25-21(24-15)27-13-16(12-20(28)29-2)11-18(14-27)17-6-4-3-5-7-17/h8-10,16-18H,3-7,11-14H2,1-2H3,(H,23,24,25,26)/t16-,18?/m0/s1. The number of aryl methyl sites for hydroxylation is 1. The molecule has 2 atom stereocenters. The van der Waals surface area contributed by atoms with Crippen molar-refractivity contribution in [2.24, 2.45) is 17.8 Å². The molecule has 1 unspecified atom stereocenters. The SMILES string of the molecule is COC(=O)C[C@@H]1CC(C2CCCCC2)CN(c2nc(C)cc(Nc3nccs3)n2)C1. The average Bonchev–Trinajstić information content (AvgIpc) is 3.26. The normalized spacial score (nSPS) is 22.7. The van der Waals surface area contributed by atoms with Crippen molar-refractivity contribution in [3.63, 3.8) is 0 Å². The summed E-state index contributed by atoms with van der Waals surface area (Å²) >= 11 is 1.55. The molecule has 2 aliphatic rings. The molecule has 0 bridgehead atoms. The molecule has 2 aromatic heterocycles. The van der Waals surface area contributed by atoms with Crippen molar-refractivity contribution in [3.8, 4) is 0 Å². The molecule has 2 fully saturated rings. The first-order valence-electron chi connectivity index (χ1n) is 10.9. The van der Waals surface area contributed by atoms with E-state index in [4.69, 9.17) is 14.7 Å². The highest BCUT2D eigenvalue weighted by molar-refractivity contribution is 7.13. The van der Waals surface area contributed by atoms with E-state index >= 15 is 0 Å². The number of hydrogen-bond acceptors (Lipinski definition) is 8. The lowest BCUT2D eigenvalue weighted by atomic mass is 9.73. The number of methoxy groups -OCH3 is 1. The van der Waals surface area contributed by atoms with Crippen LogP contribution in [0.15, 0.2) is 17.6 Å². The Morgan fingerprint density at radius 3 is 2.80 bits per heavy atom. The highest BCUT2D eigenvalue weighted by Gasteiger charge is 2.35. The molecule has 3 heterocycles. The summed E-state index contributed by atoms with van der Waals surface area (Å²) in [5, 5.41) is 6.05. The molecule has 2 aromatic rings. The first kappa shape index (κ1) is 21.0. The maximum absolute atomic E-state index is 12.0. The van der Waals surface area contributed by atoms with Crippen LogP contribution in [-0.4, -0.2) is 41.1 Å². The van der Waals surface area contributed by atoms with Crippen LogP contribution in [0, 0.1) is 24.7 Å². The number of esters is 1. The number of anilines is 3. The molecular formula is C22H31N5O2S. The fourth-order valence-corrected chi connectivity index (χ4v) is 5.51. The number of piperidine rings is 1. The molecule has 30 heavy (non-hydrogen) atoms. The number of carbonyl (C=O) groups is 1. The molecule has 4 rings (SSSR count). The van der Waals surface area contributed by atoms with Gasteiger partial charge < -0.3 is 15.0 Å². The average molecular weight is 430 g/mol. The number of thiazole rings is 1. The Morgan fingerprint density at radius 2 is 2.07 bits per heavy atom. The Hall–Kier alpha value is -2.22. The molecule has 1 aliphatic carbocycles. The molecule has 1 N–H and O–H groups in total. The lowest BCUT2D eigenvalue weighted by Crippen LogP contribution is -2.45. The van der Waals surface area contributed by atoms with Crippen molar-refractivity contribution in [3.05, 3.63) is 23.3 Å². The summed E-state index contributed by atoms with van der Waals surface area (Å²) in [6.45, 7) is 3.74. The zero-order valence-corrected chi connectivity index (χ0v) is 18.7. The van der Waals surface area contributed by atoms with Crippen LogP contribution in [0.2, 0.25) is 0 Å². The number of carbonyl (C=O) groups excluding carboxylic acids is 1. The number of nitrogens with one attached hydrogen (secondary N) is 1. The van der Waals surface area contributed by atoms with Crippen molar-refractivity contribution in [1.29, 1.82) is 0 Å². The summed E-state index contributed by atoms with van der Waals surface area (Å²) < 4.78 is 4.97. The van der Waals surface area contributed by atoms with Crippen molar-refractivity contribution < 1.29 is 9.53 Å². The van der Waals surface area contributed by atoms with Crippen LogP contribution in [0.5, 0.6) is 0 Å². The Kier molecular flexibility index (Phi) is 6.82. The maximum atomic E-state index is 12.0. The number of hydrogen-bond donors (Lipinski definition) is 1. The second-order valence-electron chi connectivity index (χ2n) is 8.60. The van der Waals surface area contributed by atoms with Crippen LogP contribution in [0.3, 0.4) is 0 Å². The van der Waals surface area contributed by atoms with Crippen LogP contribution in [0.25, 0.3) is 0 Å². The summed E-state index contributed by atoms with van der Waals surface area (Å²) in [5.74, 6) is 2.96. The molecule has 0 aromatic carbocycles. The number of nitrogens with zero attached hydrogens (tertiary/aromatic N) is 4. The predicted molar refractivity (Wildman–Crippen MR) is 119 cm³/mol. The van der Waals surface area contributed by atoms with Gasteiger partial charge in [0.15, 0.2) is 5.13 Å². The first-order chi connectivity index (χ1) is 14.6. The zero-order chi connectivity index (χ0) is 20.9. The van der Waals surface area contributed by atoms with Gasteiger partial charge in [0.2, 0.25) is 5.95 Å². The van der Waals surface area contributed by atoms with E-state index in [1.807, 2.05) is 18.4 Å². The van der Waals surface area contributed by atoms with E-state index in [9.17, 15) is 4.79 Å². The van der Waals surface area contributed by atoms with Gasteiger partial charge in [-0.25, -0.2) is 9.97 Å². The van der Waals surface area contributed by atoms with E-state index < -0.39 is 0 Å². The van der Waals surface area contributed by atoms with Crippen molar-refractivity contribution in [2.75, 3.05) is 30.4 Å². The van der Waals surface area contributed by atoms with Crippen molar-refractivity contribution in [1.82, 2.24) is 15.0 Å². The number of ether oxygens (including phenoxy) is 1. The highest BCUT2D eigenvalue weighted by atomic mass is 32.1. The molecule has 0 radical (unpaired) electrons. The van der Waals surface area contributed by atoms with Crippen LogP contribution < -0.4 is 10.2 Å². The van der Waals surface area contributed by atoms with Gasteiger partial charge >= 0.3 is 5.97 Å². The third kappa shape index (κ3) is 5.28.